The molecule has 0 fully saturated rings. The Kier molecular flexibility index (Phi) is 5.07. The summed E-state index contributed by atoms with van der Waals surface area (Å²) in [6.45, 7) is 9.39. The van der Waals surface area contributed by atoms with E-state index in [-0.39, 0.29) is 18.7 Å². The molecule has 0 N–H and O–H groups in total. The summed E-state index contributed by atoms with van der Waals surface area (Å²) in [5.41, 5.74) is 1.56. The lowest BCUT2D eigenvalue weighted by Gasteiger charge is -2.35. The Morgan fingerprint density at radius 2 is 1.95 bits per heavy atom. The Morgan fingerprint density at radius 1 is 1.37 bits per heavy atom. The van der Waals surface area contributed by atoms with Crippen LogP contribution >= 0.6 is 0 Å². The van der Waals surface area contributed by atoms with Crippen LogP contribution in [0, 0.1) is 0 Å². The van der Waals surface area contributed by atoms with E-state index in [0.29, 0.717) is 10.1 Å². The summed E-state index contributed by atoms with van der Waals surface area (Å²) >= 11 is 0. The Balaban J connectivity index is 2.82. The Labute approximate surface area is 115 Å². The number of benzene rings is 1. The lowest BCUT2D eigenvalue weighted by Crippen LogP contribution is -2.44. The van der Waals surface area contributed by atoms with Crippen molar-refractivity contribution in [3.8, 4) is 0 Å². The second-order valence-corrected chi connectivity index (χ2v) is 5.21. The molecule has 1 aromatic carbocycles. The minimum absolute atomic E-state index is 0.0686. The minimum atomic E-state index is -0.359. The van der Waals surface area contributed by atoms with Crippen molar-refractivity contribution in [3.63, 3.8) is 0 Å². The molecule has 0 saturated heterocycles. The first kappa shape index (κ1) is 15.2. The zero-order chi connectivity index (χ0) is 14.5. The number of quaternary nitrogens is 1. The van der Waals surface area contributed by atoms with E-state index in [9.17, 15) is 4.79 Å². The van der Waals surface area contributed by atoms with E-state index in [4.69, 9.17) is 4.74 Å². The molecule has 0 heterocycles. The number of carbonyl (C=O) groups excluding carboxylic acids is 1. The molecule has 1 atom stereocenters. The summed E-state index contributed by atoms with van der Waals surface area (Å²) in [5, 5.41) is 0. The van der Waals surface area contributed by atoms with Crippen LogP contribution in [0.1, 0.15) is 18.5 Å². The van der Waals surface area contributed by atoms with Gasteiger partial charge in [0, 0.05) is 11.1 Å². The lowest BCUT2D eigenvalue weighted by molar-refractivity contribution is -0.930. The van der Waals surface area contributed by atoms with Crippen LogP contribution in [0.2, 0.25) is 0 Å². The molecular formula is C16H22NO2+. The van der Waals surface area contributed by atoms with E-state index in [2.05, 4.69) is 13.2 Å². The van der Waals surface area contributed by atoms with Crippen molar-refractivity contribution < 1.29 is 14.0 Å². The SMILES string of the molecule is C=CC(c1ccccc1)[N+](C)(C)COC(=O)C(=C)C. The number of carbonyl (C=O) groups is 1. The van der Waals surface area contributed by atoms with E-state index in [0.717, 1.165) is 5.56 Å². The van der Waals surface area contributed by atoms with Crippen LogP contribution < -0.4 is 0 Å². The number of hydrogen-bond donors (Lipinski definition) is 0. The van der Waals surface area contributed by atoms with Gasteiger partial charge in [-0.05, 0) is 13.0 Å². The molecule has 0 amide bonds. The summed E-state index contributed by atoms with van der Waals surface area (Å²) in [5.74, 6) is -0.359. The van der Waals surface area contributed by atoms with Crippen molar-refractivity contribution >= 4 is 5.97 Å². The van der Waals surface area contributed by atoms with E-state index < -0.39 is 0 Å². The van der Waals surface area contributed by atoms with Gasteiger partial charge in [0.15, 0.2) is 0 Å². The number of hydrogen-bond acceptors (Lipinski definition) is 2. The van der Waals surface area contributed by atoms with Crippen molar-refractivity contribution in [2.24, 2.45) is 0 Å². The monoisotopic (exact) mass is 260 g/mol. The van der Waals surface area contributed by atoms with Gasteiger partial charge in [-0.15, -0.1) is 0 Å². The normalized spacial score (nSPS) is 12.6. The number of esters is 1. The highest BCUT2D eigenvalue weighted by Crippen LogP contribution is 2.25. The van der Waals surface area contributed by atoms with E-state index >= 15 is 0 Å². The number of nitrogens with zero attached hydrogens (tertiary/aromatic N) is 1. The third-order valence-electron chi connectivity index (χ3n) is 2.99. The Morgan fingerprint density at radius 3 is 2.42 bits per heavy atom. The number of ether oxygens (including phenoxy) is 1. The molecule has 1 aromatic rings. The van der Waals surface area contributed by atoms with Gasteiger partial charge in [0.05, 0.1) is 14.1 Å². The van der Waals surface area contributed by atoms with E-state index in [1.54, 1.807) is 6.92 Å². The predicted molar refractivity (Wildman–Crippen MR) is 77.3 cm³/mol. The van der Waals surface area contributed by atoms with Crippen LogP contribution in [0.25, 0.3) is 0 Å². The van der Waals surface area contributed by atoms with Crippen molar-refractivity contribution in [1.29, 1.82) is 0 Å². The van der Waals surface area contributed by atoms with Crippen LogP contribution in [-0.4, -0.2) is 31.3 Å². The van der Waals surface area contributed by atoms with Gasteiger partial charge >= 0.3 is 5.97 Å². The number of likely N-dealkylation sites (N-methyl/N-ethyl adjacent to an activating group) is 1. The molecule has 0 saturated carbocycles. The van der Waals surface area contributed by atoms with Gasteiger partial charge in [0.25, 0.3) is 0 Å². The van der Waals surface area contributed by atoms with Crippen LogP contribution in [0.4, 0.5) is 0 Å². The second kappa shape index (κ2) is 6.34. The summed E-state index contributed by atoms with van der Waals surface area (Å²) in [7, 11) is 4.01. The quantitative estimate of drug-likeness (QED) is 0.258. The molecule has 19 heavy (non-hydrogen) atoms. The van der Waals surface area contributed by atoms with Crippen LogP contribution in [-0.2, 0) is 9.53 Å². The van der Waals surface area contributed by atoms with Gasteiger partial charge in [-0.1, -0.05) is 43.5 Å². The fourth-order valence-electron chi connectivity index (χ4n) is 1.90. The van der Waals surface area contributed by atoms with Crippen molar-refractivity contribution in [2.45, 2.75) is 13.0 Å². The summed E-state index contributed by atoms with van der Waals surface area (Å²) in [6, 6.07) is 10.1. The largest absolute Gasteiger partial charge is 0.412 e. The predicted octanol–water partition coefficient (Wildman–Crippen LogP) is 3.07. The fourth-order valence-corrected chi connectivity index (χ4v) is 1.90. The first-order chi connectivity index (χ1) is 8.88. The van der Waals surface area contributed by atoms with Gasteiger partial charge in [-0.25, -0.2) is 4.79 Å². The first-order valence-electron chi connectivity index (χ1n) is 6.21. The standard InChI is InChI=1S/C16H22NO2/c1-6-15(14-10-8-7-9-11-14)17(4,5)12-19-16(18)13(2)3/h6-11,15H,1-2,12H2,3-5H3/q+1. The van der Waals surface area contributed by atoms with Crippen molar-refractivity contribution in [3.05, 3.63) is 60.7 Å². The highest BCUT2D eigenvalue weighted by molar-refractivity contribution is 5.86. The third kappa shape index (κ3) is 4.07. The van der Waals surface area contributed by atoms with Crippen molar-refractivity contribution in [1.82, 2.24) is 0 Å². The Bertz CT molecular complexity index is 463. The molecule has 1 unspecified atom stereocenters. The molecule has 0 bridgehead atoms. The first-order valence-corrected chi connectivity index (χ1v) is 6.21. The molecule has 1 rings (SSSR count). The Hall–Kier alpha value is -1.87. The van der Waals surface area contributed by atoms with Crippen molar-refractivity contribution in [2.75, 3.05) is 20.8 Å². The molecule has 0 aliphatic carbocycles. The van der Waals surface area contributed by atoms with Crippen LogP contribution in [0.5, 0.6) is 0 Å². The van der Waals surface area contributed by atoms with Crippen LogP contribution in [0.3, 0.4) is 0 Å². The van der Waals surface area contributed by atoms with Crippen LogP contribution in [0.15, 0.2) is 55.1 Å². The summed E-state index contributed by atoms with van der Waals surface area (Å²) in [4.78, 5) is 11.5. The molecule has 0 aliphatic rings. The topological polar surface area (TPSA) is 26.3 Å². The maximum absolute atomic E-state index is 11.5. The van der Waals surface area contributed by atoms with Gasteiger partial charge in [-0.2, -0.15) is 0 Å². The average Bonchev–Trinajstić information content (AvgIpc) is 2.37. The highest BCUT2D eigenvalue weighted by atomic mass is 16.5. The van der Waals surface area contributed by atoms with Gasteiger partial charge in [0.2, 0.25) is 6.73 Å². The second-order valence-electron chi connectivity index (χ2n) is 5.21. The fraction of sp³-hybridized carbons (Fsp3) is 0.312. The minimum Gasteiger partial charge on any atom is -0.412 e. The molecular weight excluding hydrogens is 238 g/mol. The van der Waals surface area contributed by atoms with Gasteiger partial charge in [-0.3, -0.25) is 4.48 Å². The molecule has 0 spiro atoms. The molecule has 3 heteroatoms. The molecule has 0 aliphatic heterocycles. The lowest BCUT2D eigenvalue weighted by atomic mass is 10.0. The molecule has 3 nitrogen and oxygen atoms in total. The maximum Gasteiger partial charge on any atom is 0.337 e. The van der Waals surface area contributed by atoms with E-state index in [1.807, 2.05) is 50.5 Å². The average molecular weight is 260 g/mol. The zero-order valence-electron chi connectivity index (χ0n) is 11.9. The summed E-state index contributed by atoms with van der Waals surface area (Å²) in [6.07, 6.45) is 1.88. The smallest absolute Gasteiger partial charge is 0.337 e. The van der Waals surface area contributed by atoms with Gasteiger partial charge < -0.3 is 4.74 Å². The zero-order valence-corrected chi connectivity index (χ0v) is 11.9. The maximum atomic E-state index is 11.5. The summed E-state index contributed by atoms with van der Waals surface area (Å²) < 4.78 is 5.75. The van der Waals surface area contributed by atoms with E-state index in [1.165, 1.54) is 0 Å². The molecule has 0 radical (unpaired) electrons. The highest BCUT2D eigenvalue weighted by Gasteiger charge is 2.28. The van der Waals surface area contributed by atoms with Gasteiger partial charge in [0.1, 0.15) is 6.04 Å². The number of rotatable bonds is 6. The third-order valence-corrected chi connectivity index (χ3v) is 2.99. The molecule has 0 aromatic heterocycles. The molecule has 102 valence electrons.